The molecule has 0 bridgehead atoms. The Morgan fingerprint density at radius 3 is 0.412 bits per heavy atom. The summed E-state index contributed by atoms with van der Waals surface area (Å²) in [6.45, 7) is 0. The van der Waals surface area contributed by atoms with Gasteiger partial charge in [0.2, 0.25) is 0 Å². The molecule has 0 aromatic rings. The Bertz CT molecular complexity index is 292. The third kappa shape index (κ3) is 1960. The van der Waals surface area contributed by atoms with Crippen LogP contribution in [0.25, 0.3) is 0 Å². The average molecular weight is 487 g/mol. The van der Waals surface area contributed by atoms with Crippen LogP contribution in [0, 0.1) is 0 Å². The Hall–Kier alpha value is 1.46. The fourth-order valence-electron chi connectivity index (χ4n) is 0. The standard InChI is InChI=1S/12O.4V.Zr/q;;;;;;;;4*-1;;;;;+4. The molecule has 0 N–H and O–H groups in total. The van der Waals surface area contributed by atoms with Crippen molar-refractivity contribution in [3.8, 4) is 0 Å². The van der Waals surface area contributed by atoms with Crippen LogP contribution in [0.15, 0.2) is 0 Å². The SMILES string of the molecule is [O]=[V](=[O])[O-].[O]=[V](=[O])[O-].[O]=[V](=[O])[O-].[O]=[V](=[O])[O-].[Zr+4]. The molecule has 0 aromatic heterocycles. The van der Waals surface area contributed by atoms with E-state index in [0.29, 0.717) is 0 Å². The maximum Gasteiger partial charge on any atom is 4.00 e. The van der Waals surface area contributed by atoms with Gasteiger partial charge in [0.05, 0.1) is 0 Å². The molecule has 17 heteroatoms. The first-order chi connectivity index (χ1) is 6.93. The van der Waals surface area contributed by atoms with E-state index in [4.69, 9.17) is 45.5 Å². The van der Waals surface area contributed by atoms with E-state index in [1.54, 1.807) is 0 Å². The Morgan fingerprint density at radius 1 is 0.412 bits per heavy atom. The van der Waals surface area contributed by atoms with Crippen molar-refractivity contribution in [1.82, 2.24) is 0 Å². The minimum Gasteiger partial charge on any atom is 4.00 e. The summed E-state index contributed by atoms with van der Waals surface area (Å²) in [4.78, 5) is 0. The zero-order valence-corrected chi connectivity index (χ0v) is 15.2. The molecule has 0 spiro atoms. The maximum absolute atomic E-state index is 8.56. The van der Waals surface area contributed by atoms with Gasteiger partial charge in [0.15, 0.2) is 0 Å². The minimum absolute atomic E-state index is 0. The molecule has 12 nitrogen and oxygen atoms in total. The minimum atomic E-state index is -3.94. The van der Waals surface area contributed by atoms with Gasteiger partial charge in [-0.25, -0.2) is 0 Å². The molecule has 0 atom stereocenters. The fourth-order valence-corrected chi connectivity index (χ4v) is 0. The second-order valence-electron chi connectivity index (χ2n) is 0.894. The van der Waals surface area contributed by atoms with Crippen LogP contribution < -0.4 is 16.1 Å². The topological polar surface area (TPSA) is 229 Å². The van der Waals surface area contributed by atoms with E-state index < -0.39 is 61.6 Å². The Morgan fingerprint density at radius 2 is 0.412 bits per heavy atom. The van der Waals surface area contributed by atoms with Crippen molar-refractivity contribution in [2.24, 2.45) is 0 Å². The van der Waals surface area contributed by atoms with Crippen LogP contribution in [0.5, 0.6) is 0 Å². The molecule has 0 saturated carbocycles. The molecule has 0 heterocycles. The van der Waals surface area contributed by atoms with Gasteiger partial charge in [-0.15, -0.1) is 0 Å². The molecule has 0 radical (unpaired) electrons. The van der Waals surface area contributed by atoms with E-state index in [1.165, 1.54) is 0 Å². The predicted molar refractivity (Wildman–Crippen MR) is 5.49 cm³/mol. The van der Waals surface area contributed by atoms with Gasteiger partial charge in [-0.1, -0.05) is 0 Å². The molecule has 0 rings (SSSR count). The van der Waals surface area contributed by atoms with Gasteiger partial charge in [0, 0.05) is 0 Å². The van der Waals surface area contributed by atoms with Gasteiger partial charge in [0.1, 0.15) is 0 Å². The molecule has 0 aliphatic rings. The second kappa shape index (κ2) is 26.1. The van der Waals surface area contributed by atoms with E-state index in [9.17, 15) is 0 Å². The van der Waals surface area contributed by atoms with Gasteiger partial charge in [-0.2, -0.15) is 0 Å². The van der Waals surface area contributed by atoms with Gasteiger partial charge in [-0.05, 0) is 0 Å². The number of hydrogen-bond acceptors (Lipinski definition) is 12. The van der Waals surface area contributed by atoms with E-state index >= 15 is 0 Å². The summed E-state index contributed by atoms with van der Waals surface area (Å²) < 4.78 is 103. The maximum atomic E-state index is 8.56. The van der Waals surface area contributed by atoms with E-state index in [0.717, 1.165) is 0 Å². The third-order valence-electron chi connectivity index (χ3n) is 0. The molecule has 0 aliphatic heterocycles. The number of hydrogen-bond donors (Lipinski definition) is 0. The molecule has 0 aliphatic carbocycles. The van der Waals surface area contributed by atoms with Crippen LogP contribution in [-0.4, -0.2) is 0 Å². The first-order valence-electron chi connectivity index (χ1n) is 2.19. The summed E-state index contributed by atoms with van der Waals surface area (Å²) >= 11 is -15.8. The van der Waals surface area contributed by atoms with E-state index in [2.05, 4.69) is 0 Å². The van der Waals surface area contributed by atoms with Crippen molar-refractivity contribution in [2.75, 3.05) is 0 Å². The molecule has 96 valence electrons. The monoisotopic (exact) mass is 486 g/mol. The number of rotatable bonds is 0. The normalized spacial score (nSPS) is 5.88. The van der Waals surface area contributed by atoms with E-state index in [1.807, 2.05) is 0 Å². The average Bonchev–Trinajstić information content (AvgIpc) is 1.76. The van der Waals surface area contributed by atoms with Crippen LogP contribution in [0.4, 0.5) is 0 Å². The molecular weight excluding hydrogens is 487 g/mol. The van der Waals surface area contributed by atoms with Crippen molar-refractivity contribution in [3.05, 3.63) is 0 Å². The zero-order valence-electron chi connectivity index (χ0n) is 7.19. The molecule has 0 saturated heterocycles. The van der Waals surface area contributed by atoms with Crippen LogP contribution in [0.2, 0.25) is 0 Å². The van der Waals surface area contributed by atoms with Gasteiger partial charge >= 0.3 is 133 Å². The molecule has 0 aromatic carbocycles. The zero-order chi connectivity index (χ0) is 14.3. The van der Waals surface area contributed by atoms with Crippen molar-refractivity contribution < 1.29 is 133 Å². The van der Waals surface area contributed by atoms with Crippen LogP contribution in [0.3, 0.4) is 0 Å². The first-order valence-corrected chi connectivity index (χ1v) is 9.03. The Labute approximate surface area is 132 Å². The van der Waals surface area contributed by atoms with Gasteiger partial charge in [0.25, 0.3) is 0 Å². The summed E-state index contributed by atoms with van der Waals surface area (Å²) in [5.74, 6) is 0. The Balaban J connectivity index is -0.0000000369. The summed E-state index contributed by atoms with van der Waals surface area (Å²) in [6, 6.07) is 0. The molecule has 0 fully saturated rings. The smallest absolute Gasteiger partial charge is 4.00 e. The summed E-state index contributed by atoms with van der Waals surface area (Å²) in [5.41, 5.74) is 0. The largest absolute Gasteiger partial charge is 4.00 e. The van der Waals surface area contributed by atoms with Gasteiger partial charge < -0.3 is 0 Å². The van der Waals surface area contributed by atoms with Crippen molar-refractivity contribution in [3.63, 3.8) is 0 Å². The van der Waals surface area contributed by atoms with Crippen molar-refractivity contribution in [1.29, 1.82) is 0 Å². The molecule has 0 amide bonds. The molecule has 17 heavy (non-hydrogen) atoms. The fraction of sp³-hybridized carbons (Fsp3) is 0. The summed E-state index contributed by atoms with van der Waals surface area (Å²) in [6.07, 6.45) is 0. The van der Waals surface area contributed by atoms with Crippen LogP contribution in [0.1, 0.15) is 0 Å². The Kier molecular flexibility index (Phi) is 47.7. The molecular formula is O12V4Zr. The van der Waals surface area contributed by atoms with Crippen molar-refractivity contribution >= 4 is 0 Å². The molecule has 0 unspecified atom stereocenters. The first kappa shape index (κ1) is 31.1. The second-order valence-corrected chi connectivity index (χ2v) is 3.69. The summed E-state index contributed by atoms with van der Waals surface area (Å²) in [7, 11) is 0. The summed E-state index contributed by atoms with van der Waals surface area (Å²) in [5, 5.41) is 0. The quantitative estimate of drug-likeness (QED) is 0.311. The van der Waals surface area contributed by atoms with Gasteiger partial charge in [-0.3, -0.25) is 0 Å². The van der Waals surface area contributed by atoms with Crippen LogP contribution >= 0.6 is 0 Å². The predicted octanol–water partition coefficient (Wildman–Crippen LogP) is -5.72. The van der Waals surface area contributed by atoms with Crippen molar-refractivity contribution in [2.45, 2.75) is 0 Å². The third-order valence-corrected chi connectivity index (χ3v) is 0. The van der Waals surface area contributed by atoms with E-state index in [-0.39, 0.29) is 26.2 Å². The van der Waals surface area contributed by atoms with Crippen LogP contribution in [-0.2, 0) is 117 Å².